The van der Waals surface area contributed by atoms with Gasteiger partial charge >= 0.3 is 0 Å². The van der Waals surface area contributed by atoms with Crippen molar-refractivity contribution >= 4 is 38.8 Å². The number of nitriles is 2. The molecule has 0 radical (unpaired) electrons. The fraction of sp³-hybridized carbons (Fsp3) is 0.0238. The van der Waals surface area contributed by atoms with E-state index in [0.717, 1.165) is 66.9 Å². The number of nitrogens with one attached hydrogen (secondary N) is 1. The molecular formula is C42H26N6. The molecular weight excluding hydrogens is 589 g/mol. The van der Waals surface area contributed by atoms with Gasteiger partial charge in [-0.3, -0.25) is 9.13 Å². The maximum absolute atomic E-state index is 9.73. The number of benzene rings is 5. The second kappa shape index (κ2) is 10.9. The second-order valence-corrected chi connectivity index (χ2v) is 11.9. The fourth-order valence-corrected chi connectivity index (χ4v) is 7.16. The molecule has 48 heavy (non-hydrogen) atoms. The third kappa shape index (κ3) is 4.21. The van der Waals surface area contributed by atoms with Crippen LogP contribution in [0.1, 0.15) is 22.4 Å². The molecule has 3 aromatic heterocycles. The number of aromatic nitrogens is 3. The van der Waals surface area contributed by atoms with Crippen molar-refractivity contribution in [2.45, 2.75) is 6.54 Å². The molecule has 224 valence electrons. The predicted molar refractivity (Wildman–Crippen MR) is 192 cm³/mol. The Labute approximate surface area is 276 Å². The van der Waals surface area contributed by atoms with Crippen molar-refractivity contribution in [2.24, 2.45) is 0 Å². The van der Waals surface area contributed by atoms with Gasteiger partial charge in [-0.05, 0) is 89.1 Å². The number of rotatable bonds is 4. The molecule has 8 aromatic rings. The van der Waals surface area contributed by atoms with Gasteiger partial charge in [0.05, 0.1) is 52.1 Å². The van der Waals surface area contributed by atoms with Crippen LogP contribution in [-0.2, 0) is 6.54 Å². The van der Waals surface area contributed by atoms with Crippen molar-refractivity contribution in [3.05, 3.63) is 156 Å². The van der Waals surface area contributed by atoms with E-state index >= 15 is 0 Å². The van der Waals surface area contributed by atoms with Crippen LogP contribution >= 0.6 is 0 Å². The number of fused-ring (bicyclic) bond motifs is 6. The summed E-state index contributed by atoms with van der Waals surface area (Å²) in [5, 5.41) is 26.1. The van der Waals surface area contributed by atoms with Crippen molar-refractivity contribution in [3.63, 3.8) is 0 Å². The lowest BCUT2D eigenvalue weighted by atomic mass is 9.94. The summed E-state index contributed by atoms with van der Waals surface area (Å²) in [6.07, 6.45) is 4.15. The van der Waals surface area contributed by atoms with Crippen LogP contribution in [0.2, 0.25) is 0 Å². The monoisotopic (exact) mass is 614 g/mol. The van der Waals surface area contributed by atoms with Gasteiger partial charge in [0, 0.05) is 21.7 Å². The summed E-state index contributed by atoms with van der Waals surface area (Å²) in [7, 11) is 0. The van der Waals surface area contributed by atoms with E-state index in [1.54, 1.807) is 0 Å². The number of hydrogen-bond donors (Lipinski definition) is 1. The zero-order chi connectivity index (χ0) is 32.2. The Morgan fingerprint density at radius 1 is 0.562 bits per heavy atom. The second-order valence-electron chi connectivity index (χ2n) is 11.9. The minimum atomic E-state index is 0.617. The fourth-order valence-electron chi connectivity index (χ4n) is 7.16. The molecule has 1 aliphatic heterocycles. The lowest BCUT2D eigenvalue weighted by Gasteiger charge is -2.18. The molecule has 6 nitrogen and oxygen atoms in total. The Morgan fingerprint density at radius 3 is 2.00 bits per heavy atom. The lowest BCUT2D eigenvalue weighted by Crippen LogP contribution is -2.15. The Kier molecular flexibility index (Phi) is 6.21. The highest BCUT2D eigenvalue weighted by molar-refractivity contribution is 6.09. The third-order valence-electron chi connectivity index (χ3n) is 9.25. The molecule has 1 N–H and O–H groups in total. The van der Waals surface area contributed by atoms with Gasteiger partial charge in [-0.1, -0.05) is 72.8 Å². The minimum Gasteiger partial charge on any atom is -0.385 e. The van der Waals surface area contributed by atoms with Crippen LogP contribution in [0.4, 0.5) is 0 Å². The number of pyridine rings is 1. The van der Waals surface area contributed by atoms with Gasteiger partial charge in [0.15, 0.2) is 0 Å². The molecule has 9 rings (SSSR count). The van der Waals surface area contributed by atoms with Crippen LogP contribution in [0.15, 0.2) is 134 Å². The first-order valence-electron chi connectivity index (χ1n) is 15.8. The summed E-state index contributed by atoms with van der Waals surface area (Å²) in [5.74, 6) is 1.57. The Balaban J connectivity index is 1.39. The highest BCUT2D eigenvalue weighted by atomic mass is 15.1. The normalized spacial score (nSPS) is 12.1. The van der Waals surface area contributed by atoms with Crippen molar-refractivity contribution in [2.75, 3.05) is 0 Å². The van der Waals surface area contributed by atoms with Crippen molar-refractivity contribution in [1.29, 1.82) is 10.5 Å². The Bertz CT molecular complexity index is 2710. The van der Waals surface area contributed by atoms with Gasteiger partial charge < -0.3 is 5.32 Å². The van der Waals surface area contributed by atoms with Crippen LogP contribution in [0.3, 0.4) is 0 Å². The highest BCUT2D eigenvalue weighted by Crippen LogP contribution is 2.39. The van der Waals surface area contributed by atoms with E-state index in [9.17, 15) is 10.5 Å². The Hall–Kier alpha value is -6.89. The van der Waals surface area contributed by atoms with Gasteiger partial charge in [0.25, 0.3) is 0 Å². The lowest BCUT2D eigenvalue weighted by molar-refractivity contribution is 0.793. The van der Waals surface area contributed by atoms with E-state index in [1.807, 2.05) is 60.8 Å². The maximum atomic E-state index is 9.73. The van der Waals surface area contributed by atoms with Crippen LogP contribution < -0.4 is 5.32 Å². The van der Waals surface area contributed by atoms with E-state index < -0.39 is 0 Å². The smallest absolute Gasteiger partial charge is 0.140 e. The van der Waals surface area contributed by atoms with Crippen LogP contribution in [0.5, 0.6) is 0 Å². The van der Waals surface area contributed by atoms with Crippen LogP contribution in [0.25, 0.3) is 72.7 Å². The van der Waals surface area contributed by atoms with Gasteiger partial charge in [0.2, 0.25) is 0 Å². The summed E-state index contributed by atoms with van der Waals surface area (Å²) in [6.45, 7) is 0.672. The number of hydrogen-bond acceptors (Lipinski definition) is 4. The van der Waals surface area contributed by atoms with E-state index in [0.29, 0.717) is 17.7 Å². The molecule has 0 saturated carbocycles. The maximum Gasteiger partial charge on any atom is 0.140 e. The van der Waals surface area contributed by atoms with Crippen molar-refractivity contribution in [1.82, 2.24) is 19.4 Å². The van der Waals surface area contributed by atoms with Gasteiger partial charge in [-0.15, -0.1) is 0 Å². The van der Waals surface area contributed by atoms with E-state index in [4.69, 9.17) is 4.98 Å². The molecule has 0 saturated heterocycles. The standard InChI is InChI=1S/C42H26N6/c43-24-27-8-7-9-29(20-27)31-10-1-2-11-32(31)30-22-41(47-38-15-6-4-13-34(38)36-21-28(25-44)16-17-39(36)47)46-42(23-30)48-37-14-5-3-12-33(37)35-18-19-45-26-40(35)48/h1-23,45H,26H2. The van der Waals surface area contributed by atoms with Crippen molar-refractivity contribution in [3.8, 4) is 46.0 Å². The molecule has 0 unspecified atom stereocenters. The largest absolute Gasteiger partial charge is 0.385 e. The van der Waals surface area contributed by atoms with Gasteiger partial charge in [0.1, 0.15) is 11.6 Å². The third-order valence-corrected chi connectivity index (χ3v) is 9.25. The van der Waals surface area contributed by atoms with Crippen molar-refractivity contribution < 1.29 is 0 Å². The molecule has 0 fully saturated rings. The summed E-state index contributed by atoms with van der Waals surface area (Å²) in [6, 6.07) is 47.6. The molecule has 0 atom stereocenters. The van der Waals surface area contributed by atoms with E-state index in [2.05, 4.69) is 105 Å². The summed E-state index contributed by atoms with van der Waals surface area (Å²) < 4.78 is 4.47. The molecule has 6 heteroatoms. The summed E-state index contributed by atoms with van der Waals surface area (Å²) in [4.78, 5) is 5.44. The first-order chi connectivity index (χ1) is 23.7. The van der Waals surface area contributed by atoms with E-state index in [-0.39, 0.29) is 0 Å². The molecule has 5 aromatic carbocycles. The molecule has 0 spiro atoms. The zero-order valence-electron chi connectivity index (χ0n) is 25.7. The summed E-state index contributed by atoms with van der Waals surface area (Å²) in [5.41, 5.74) is 10.7. The van der Waals surface area contributed by atoms with Gasteiger partial charge in [-0.25, -0.2) is 4.98 Å². The highest BCUT2D eigenvalue weighted by Gasteiger charge is 2.22. The minimum absolute atomic E-state index is 0.617. The molecule has 1 aliphatic rings. The average Bonchev–Trinajstić information content (AvgIpc) is 3.67. The van der Waals surface area contributed by atoms with Crippen LogP contribution in [-0.4, -0.2) is 14.1 Å². The SMILES string of the molecule is N#Cc1cccc(-c2ccccc2-c2cc(-n3c4c(c5ccccc53)C=CNC4)nc(-n3c4ccccc4c4cc(C#N)ccc43)c2)c1. The number of nitrogens with zero attached hydrogens (tertiary/aromatic N) is 5. The molecule has 0 amide bonds. The van der Waals surface area contributed by atoms with E-state index in [1.165, 1.54) is 10.9 Å². The quantitative estimate of drug-likeness (QED) is 0.214. The van der Waals surface area contributed by atoms with Crippen LogP contribution in [0, 0.1) is 22.7 Å². The number of para-hydroxylation sites is 2. The Morgan fingerprint density at radius 2 is 1.21 bits per heavy atom. The molecule has 4 heterocycles. The average molecular weight is 615 g/mol. The van der Waals surface area contributed by atoms with Gasteiger partial charge in [-0.2, -0.15) is 10.5 Å². The predicted octanol–water partition coefficient (Wildman–Crippen LogP) is 9.27. The molecule has 0 aliphatic carbocycles. The first-order valence-corrected chi connectivity index (χ1v) is 15.8. The zero-order valence-corrected chi connectivity index (χ0v) is 25.7. The topological polar surface area (TPSA) is 82.4 Å². The first kappa shape index (κ1) is 27.4. The molecule has 0 bridgehead atoms. The summed E-state index contributed by atoms with van der Waals surface area (Å²) >= 11 is 0.